The molecule has 0 amide bonds. The molecule has 1 aromatic rings. The Balaban J connectivity index is 1.94. The Labute approximate surface area is 116 Å². The van der Waals surface area contributed by atoms with Gasteiger partial charge in [-0.1, -0.05) is 26.3 Å². The van der Waals surface area contributed by atoms with E-state index in [1.165, 1.54) is 18.4 Å². The third-order valence-electron chi connectivity index (χ3n) is 3.88. The average Bonchev–Trinajstić information content (AvgIpc) is 2.85. The van der Waals surface area contributed by atoms with Crippen molar-refractivity contribution in [1.82, 2.24) is 5.32 Å². The standard InChI is InChI=1S/C16H25NO2/c1-5-11(2)8-12(3)17-13(4)14-6-7-15-16(9-14)19-10-18-15/h6-7,9,11-13,17H,5,8,10H2,1-4H3. The molecule has 106 valence electrons. The van der Waals surface area contributed by atoms with Crippen molar-refractivity contribution in [3.8, 4) is 11.5 Å². The zero-order valence-corrected chi connectivity index (χ0v) is 12.4. The second-order valence-electron chi connectivity index (χ2n) is 5.65. The van der Waals surface area contributed by atoms with Gasteiger partial charge in [0.2, 0.25) is 6.79 Å². The number of fused-ring (bicyclic) bond motifs is 1. The highest BCUT2D eigenvalue weighted by Gasteiger charge is 2.17. The second kappa shape index (κ2) is 6.29. The molecule has 19 heavy (non-hydrogen) atoms. The first kappa shape index (κ1) is 14.2. The van der Waals surface area contributed by atoms with Crippen LogP contribution in [0, 0.1) is 5.92 Å². The van der Waals surface area contributed by atoms with E-state index in [1.807, 2.05) is 6.07 Å². The molecule has 1 heterocycles. The van der Waals surface area contributed by atoms with Crippen LogP contribution in [0.3, 0.4) is 0 Å². The molecule has 0 aromatic heterocycles. The van der Waals surface area contributed by atoms with Gasteiger partial charge in [-0.15, -0.1) is 0 Å². The van der Waals surface area contributed by atoms with Crippen molar-refractivity contribution in [2.75, 3.05) is 6.79 Å². The van der Waals surface area contributed by atoms with Gasteiger partial charge in [-0.05, 0) is 43.9 Å². The van der Waals surface area contributed by atoms with E-state index >= 15 is 0 Å². The van der Waals surface area contributed by atoms with E-state index in [9.17, 15) is 0 Å². The van der Waals surface area contributed by atoms with E-state index in [4.69, 9.17) is 9.47 Å². The van der Waals surface area contributed by atoms with Crippen LogP contribution in [0.2, 0.25) is 0 Å². The molecule has 3 atom stereocenters. The molecule has 0 aliphatic carbocycles. The topological polar surface area (TPSA) is 30.5 Å². The fraction of sp³-hybridized carbons (Fsp3) is 0.625. The van der Waals surface area contributed by atoms with Crippen molar-refractivity contribution in [3.05, 3.63) is 23.8 Å². The molecule has 3 unspecified atom stereocenters. The minimum Gasteiger partial charge on any atom is -0.454 e. The van der Waals surface area contributed by atoms with Crippen LogP contribution in [0.1, 0.15) is 52.1 Å². The molecule has 3 heteroatoms. The third-order valence-corrected chi connectivity index (χ3v) is 3.88. The van der Waals surface area contributed by atoms with Gasteiger partial charge >= 0.3 is 0 Å². The Morgan fingerprint density at radius 2 is 1.89 bits per heavy atom. The predicted molar refractivity (Wildman–Crippen MR) is 77.6 cm³/mol. The Morgan fingerprint density at radius 1 is 1.16 bits per heavy atom. The molecule has 0 saturated heterocycles. The van der Waals surface area contributed by atoms with Gasteiger partial charge in [0.25, 0.3) is 0 Å². The first-order valence-electron chi connectivity index (χ1n) is 7.25. The number of nitrogens with one attached hydrogen (secondary N) is 1. The van der Waals surface area contributed by atoms with Gasteiger partial charge in [0, 0.05) is 12.1 Å². The summed E-state index contributed by atoms with van der Waals surface area (Å²) in [4.78, 5) is 0. The third kappa shape index (κ3) is 3.63. The lowest BCUT2D eigenvalue weighted by atomic mass is 9.99. The van der Waals surface area contributed by atoms with Gasteiger partial charge in [0.05, 0.1) is 0 Å². The van der Waals surface area contributed by atoms with Crippen LogP contribution < -0.4 is 14.8 Å². The van der Waals surface area contributed by atoms with Crippen LogP contribution in [-0.2, 0) is 0 Å². The number of ether oxygens (including phenoxy) is 2. The SMILES string of the molecule is CCC(C)CC(C)NC(C)c1ccc2c(c1)OCO2. The lowest BCUT2D eigenvalue weighted by molar-refractivity contribution is 0.174. The van der Waals surface area contributed by atoms with Gasteiger partial charge < -0.3 is 14.8 Å². The zero-order valence-electron chi connectivity index (χ0n) is 12.4. The van der Waals surface area contributed by atoms with E-state index in [1.54, 1.807) is 0 Å². The molecule has 0 saturated carbocycles. The van der Waals surface area contributed by atoms with Crippen molar-refractivity contribution in [3.63, 3.8) is 0 Å². The smallest absolute Gasteiger partial charge is 0.231 e. The van der Waals surface area contributed by atoms with Gasteiger partial charge in [0.15, 0.2) is 11.5 Å². The fourth-order valence-electron chi connectivity index (χ4n) is 2.54. The largest absolute Gasteiger partial charge is 0.454 e. The Morgan fingerprint density at radius 3 is 2.63 bits per heavy atom. The molecule has 1 N–H and O–H groups in total. The molecule has 0 spiro atoms. The first-order valence-corrected chi connectivity index (χ1v) is 7.25. The highest BCUT2D eigenvalue weighted by molar-refractivity contribution is 5.45. The molecule has 3 nitrogen and oxygen atoms in total. The summed E-state index contributed by atoms with van der Waals surface area (Å²) in [5.41, 5.74) is 1.25. The maximum Gasteiger partial charge on any atom is 0.231 e. The summed E-state index contributed by atoms with van der Waals surface area (Å²) in [5, 5.41) is 3.66. The predicted octanol–water partition coefficient (Wildman–Crippen LogP) is 3.89. The minimum absolute atomic E-state index is 0.327. The van der Waals surface area contributed by atoms with E-state index in [0.29, 0.717) is 18.9 Å². The van der Waals surface area contributed by atoms with Crippen molar-refractivity contribution >= 4 is 0 Å². The molecule has 0 bridgehead atoms. The second-order valence-corrected chi connectivity index (χ2v) is 5.65. The van der Waals surface area contributed by atoms with E-state index < -0.39 is 0 Å². The monoisotopic (exact) mass is 263 g/mol. The summed E-state index contributed by atoms with van der Waals surface area (Å²) < 4.78 is 10.8. The normalized spacial score (nSPS) is 18.1. The fourth-order valence-corrected chi connectivity index (χ4v) is 2.54. The van der Waals surface area contributed by atoms with Crippen LogP contribution >= 0.6 is 0 Å². The molecular weight excluding hydrogens is 238 g/mol. The summed E-state index contributed by atoms with van der Waals surface area (Å²) in [6.45, 7) is 9.35. The first-order chi connectivity index (χ1) is 9.10. The lowest BCUT2D eigenvalue weighted by Gasteiger charge is -2.22. The van der Waals surface area contributed by atoms with Gasteiger partial charge in [-0.25, -0.2) is 0 Å². The van der Waals surface area contributed by atoms with Crippen LogP contribution in [0.4, 0.5) is 0 Å². The quantitative estimate of drug-likeness (QED) is 0.844. The minimum atomic E-state index is 0.327. The van der Waals surface area contributed by atoms with Crippen LogP contribution in [0.15, 0.2) is 18.2 Å². The van der Waals surface area contributed by atoms with Gasteiger partial charge in [-0.2, -0.15) is 0 Å². The van der Waals surface area contributed by atoms with Crippen molar-refractivity contribution in [2.24, 2.45) is 5.92 Å². The van der Waals surface area contributed by atoms with Crippen LogP contribution in [0.5, 0.6) is 11.5 Å². The van der Waals surface area contributed by atoms with E-state index in [0.717, 1.165) is 17.4 Å². The number of hydrogen-bond acceptors (Lipinski definition) is 3. The van der Waals surface area contributed by atoms with Crippen molar-refractivity contribution in [2.45, 2.75) is 52.6 Å². The highest BCUT2D eigenvalue weighted by Crippen LogP contribution is 2.34. The molecule has 1 aliphatic rings. The number of benzene rings is 1. The average molecular weight is 263 g/mol. The molecule has 0 radical (unpaired) electrons. The summed E-state index contributed by atoms with van der Waals surface area (Å²) in [5.74, 6) is 2.48. The maximum absolute atomic E-state index is 5.43. The lowest BCUT2D eigenvalue weighted by Crippen LogP contribution is -2.30. The van der Waals surface area contributed by atoms with Crippen molar-refractivity contribution < 1.29 is 9.47 Å². The molecule has 1 aromatic carbocycles. The molecular formula is C16H25NO2. The maximum atomic E-state index is 5.43. The molecule has 1 aliphatic heterocycles. The highest BCUT2D eigenvalue weighted by atomic mass is 16.7. The Bertz CT molecular complexity index is 419. The summed E-state index contributed by atoms with van der Waals surface area (Å²) >= 11 is 0. The molecule has 0 fully saturated rings. The van der Waals surface area contributed by atoms with Crippen LogP contribution in [0.25, 0.3) is 0 Å². The van der Waals surface area contributed by atoms with Gasteiger partial charge in [0.1, 0.15) is 0 Å². The van der Waals surface area contributed by atoms with Crippen LogP contribution in [-0.4, -0.2) is 12.8 Å². The Kier molecular flexibility index (Phi) is 4.70. The Hall–Kier alpha value is -1.22. The van der Waals surface area contributed by atoms with Crippen molar-refractivity contribution in [1.29, 1.82) is 0 Å². The summed E-state index contributed by atoms with van der Waals surface area (Å²) in [6, 6.07) is 7.04. The molecule has 2 rings (SSSR count). The van der Waals surface area contributed by atoms with Gasteiger partial charge in [-0.3, -0.25) is 0 Å². The van der Waals surface area contributed by atoms with E-state index in [2.05, 4.69) is 45.1 Å². The zero-order chi connectivity index (χ0) is 13.8. The van der Waals surface area contributed by atoms with E-state index in [-0.39, 0.29) is 0 Å². The number of rotatable bonds is 6. The summed E-state index contributed by atoms with van der Waals surface area (Å²) in [6.07, 6.45) is 2.45. The number of hydrogen-bond donors (Lipinski definition) is 1. The summed E-state index contributed by atoms with van der Waals surface area (Å²) in [7, 11) is 0.